The van der Waals surface area contributed by atoms with E-state index in [9.17, 15) is 4.79 Å². The average molecular weight is 152 g/mol. The van der Waals surface area contributed by atoms with Crippen LogP contribution in [0.4, 0.5) is 0 Å². The van der Waals surface area contributed by atoms with Crippen molar-refractivity contribution in [2.75, 3.05) is 0 Å². The lowest BCUT2D eigenvalue weighted by molar-refractivity contribution is -0.143. The molecule has 0 aromatic rings. The summed E-state index contributed by atoms with van der Waals surface area (Å²) in [5.41, 5.74) is 3.01. The summed E-state index contributed by atoms with van der Waals surface area (Å²) in [6, 6.07) is 0. The highest BCUT2D eigenvalue weighted by atomic mass is 16.4. The van der Waals surface area contributed by atoms with Gasteiger partial charge in [-0.1, -0.05) is 11.1 Å². The van der Waals surface area contributed by atoms with E-state index in [4.69, 9.17) is 5.11 Å². The Bertz CT molecular complexity index is 214. The number of carbonyl (C=O) groups is 1. The van der Waals surface area contributed by atoms with Gasteiger partial charge in [0.1, 0.15) is 0 Å². The molecular weight excluding hydrogens is 140 g/mol. The van der Waals surface area contributed by atoms with Crippen LogP contribution >= 0.6 is 0 Å². The highest BCUT2D eigenvalue weighted by molar-refractivity contribution is 5.72. The molecule has 0 radical (unpaired) electrons. The van der Waals surface area contributed by atoms with E-state index in [1.54, 1.807) is 5.57 Å². The lowest BCUT2D eigenvalue weighted by atomic mass is 9.73. The first kappa shape index (κ1) is 6.89. The van der Waals surface area contributed by atoms with Crippen LogP contribution in [0.1, 0.15) is 32.1 Å². The maximum Gasteiger partial charge on any atom is 0.307 e. The van der Waals surface area contributed by atoms with Crippen molar-refractivity contribution in [2.45, 2.75) is 32.1 Å². The topological polar surface area (TPSA) is 37.3 Å². The van der Waals surface area contributed by atoms with Gasteiger partial charge in [-0.25, -0.2) is 0 Å². The fourth-order valence-corrected chi connectivity index (χ4v) is 1.71. The molecule has 0 spiro atoms. The van der Waals surface area contributed by atoms with Crippen LogP contribution in [-0.2, 0) is 4.79 Å². The Morgan fingerprint density at radius 2 is 1.91 bits per heavy atom. The molecule has 2 heteroatoms. The minimum absolute atomic E-state index is 0.0573. The molecule has 0 aromatic carbocycles. The maximum absolute atomic E-state index is 10.4. The number of carboxylic acid groups (broad SMARTS) is 1. The quantitative estimate of drug-likeness (QED) is 0.583. The molecule has 2 aliphatic carbocycles. The van der Waals surface area contributed by atoms with E-state index in [0.717, 1.165) is 12.8 Å². The lowest BCUT2D eigenvalue weighted by Crippen LogP contribution is -2.25. The fourth-order valence-electron chi connectivity index (χ4n) is 1.71. The fraction of sp³-hybridized carbons (Fsp3) is 0.667. The number of rotatable bonds is 1. The van der Waals surface area contributed by atoms with Crippen LogP contribution in [-0.4, -0.2) is 11.1 Å². The average Bonchev–Trinajstić information content (AvgIpc) is 1.70. The van der Waals surface area contributed by atoms with Gasteiger partial charge in [0.05, 0.1) is 5.92 Å². The van der Waals surface area contributed by atoms with Crippen molar-refractivity contribution in [2.24, 2.45) is 5.92 Å². The second-order valence-corrected chi connectivity index (χ2v) is 3.50. The minimum atomic E-state index is -0.617. The van der Waals surface area contributed by atoms with E-state index in [0.29, 0.717) is 0 Å². The van der Waals surface area contributed by atoms with Gasteiger partial charge in [0.15, 0.2) is 0 Å². The van der Waals surface area contributed by atoms with Crippen LogP contribution < -0.4 is 0 Å². The zero-order valence-electron chi connectivity index (χ0n) is 6.47. The first-order chi connectivity index (χ1) is 5.27. The van der Waals surface area contributed by atoms with E-state index < -0.39 is 5.97 Å². The standard InChI is InChI=1S/C9H12O2/c10-9(11)8-4-7(5-8)6-2-1-3-6/h8H,1-5H2,(H,10,11). The van der Waals surface area contributed by atoms with Crippen molar-refractivity contribution >= 4 is 5.97 Å². The lowest BCUT2D eigenvalue weighted by Gasteiger charge is -2.32. The monoisotopic (exact) mass is 152 g/mol. The van der Waals surface area contributed by atoms with Gasteiger partial charge in [0, 0.05) is 0 Å². The third kappa shape index (κ3) is 1.06. The second kappa shape index (κ2) is 2.36. The summed E-state index contributed by atoms with van der Waals surface area (Å²) >= 11 is 0. The van der Waals surface area contributed by atoms with Crippen LogP contribution in [0.15, 0.2) is 11.1 Å². The van der Waals surface area contributed by atoms with E-state index in [-0.39, 0.29) is 5.92 Å². The van der Waals surface area contributed by atoms with Crippen molar-refractivity contribution in [3.8, 4) is 0 Å². The number of hydrogen-bond acceptors (Lipinski definition) is 1. The molecule has 11 heavy (non-hydrogen) atoms. The van der Waals surface area contributed by atoms with Gasteiger partial charge in [-0.05, 0) is 32.1 Å². The highest BCUT2D eigenvalue weighted by Gasteiger charge is 2.32. The molecule has 2 nitrogen and oxygen atoms in total. The molecule has 0 amide bonds. The smallest absolute Gasteiger partial charge is 0.307 e. The zero-order valence-corrected chi connectivity index (χ0v) is 6.47. The molecule has 0 aromatic heterocycles. The first-order valence-electron chi connectivity index (χ1n) is 4.20. The van der Waals surface area contributed by atoms with E-state index in [1.807, 2.05) is 0 Å². The number of carboxylic acids is 1. The predicted octanol–water partition coefficient (Wildman–Crippen LogP) is 1.96. The summed E-state index contributed by atoms with van der Waals surface area (Å²) in [6.07, 6.45) is 5.47. The van der Waals surface area contributed by atoms with E-state index in [1.165, 1.54) is 24.8 Å². The van der Waals surface area contributed by atoms with E-state index >= 15 is 0 Å². The van der Waals surface area contributed by atoms with Crippen LogP contribution in [0.2, 0.25) is 0 Å². The Hall–Kier alpha value is -0.790. The molecular formula is C9H12O2. The predicted molar refractivity (Wildman–Crippen MR) is 41.2 cm³/mol. The SMILES string of the molecule is O=C(O)C1CC(=C2CCC2)C1. The summed E-state index contributed by atoms with van der Waals surface area (Å²) in [7, 11) is 0. The Balaban J connectivity index is 1.92. The van der Waals surface area contributed by atoms with Crippen molar-refractivity contribution in [1.82, 2.24) is 0 Å². The van der Waals surface area contributed by atoms with Crippen LogP contribution in [0.3, 0.4) is 0 Å². The molecule has 2 fully saturated rings. The molecule has 0 saturated heterocycles. The molecule has 2 aliphatic rings. The van der Waals surface area contributed by atoms with Crippen molar-refractivity contribution in [1.29, 1.82) is 0 Å². The number of aliphatic carboxylic acids is 1. The summed E-state index contributed by atoms with van der Waals surface area (Å²) in [4.78, 5) is 10.4. The molecule has 0 unspecified atom stereocenters. The molecule has 2 saturated carbocycles. The van der Waals surface area contributed by atoms with E-state index in [2.05, 4.69) is 0 Å². The summed E-state index contributed by atoms with van der Waals surface area (Å²) in [5.74, 6) is -0.674. The van der Waals surface area contributed by atoms with Gasteiger partial charge in [-0.3, -0.25) is 4.79 Å². The zero-order chi connectivity index (χ0) is 7.84. The highest BCUT2D eigenvalue weighted by Crippen LogP contribution is 2.41. The number of hydrogen-bond donors (Lipinski definition) is 1. The van der Waals surface area contributed by atoms with Gasteiger partial charge in [0.25, 0.3) is 0 Å². The Labute approximate surface area is 65.9 Å². The molecule has 0 atom stereocenters. The largest absolute Gasteiger partial charge is 0.481 e. The third-order valence-corrected chi connectivity index (χ3v) is 2.79. The molecule has 0 aliphatic heterocycles. The number of allylic oxidation sites excluding steroid dienone is 2. The van der Waals surface area contributed by atoms with Gasteiger partial charge in [0.2, 0.25) is 0 Å². The Morgan fingerprint density at radius 3 is 2.27 bits per heavy atom. The molecule has 1 N–H and O–H groups in total. The van der Waals surface area contributed by atoms with Gasteiger partial charge < -0.3 is 5.11 Å². The third-order valence-electron chi connectivity index (χ3n) is 2.79. The van der Waals surface area contributed by atoms with Crippen LogP contribution in [0.25, 0.3) is 0 Å². The molecule has 0 heterocycles. The van der Waals surface area contributed by atoms with Gasteiger partial charge >= 0.3 is 5.97 Å². The normalized spacial score (nSPS) is 29.3. The Kier molecular flexibility index (Phi) is 1.48. The molecule has 2 rings (SSSR count). The van der Waals surface area contributed by atoms with Gasteiger partial charge in [-0.15, -0.1) is 0 Å². The van der Waals surface area contributed by atoms with Crippen LogP contribution in [0.5, 0.6) is 0 Å². The van der Waals surface area contributed by atoms with Crippen LogP contribution in [0, 0.1) is 5.92 Å². The molecule has 60 valence electrons. The van der Waals surface area contributed by atoms with Crippen molar-refractivity contribution < 1.29 is 9.90 Å². The Morgan fingerprint density at radius 1 is 1.27 bits per heavy atom. The second-order valence-electron chi connectivity index (χ2n) is 3.50. The van der Waals surface area contributed by atoms with Crippen molar-refractivity contribution in [3.05, 3.63) is 11.1 Å². The molecule has 0 bridgehead atoms. The van der Waals surface area contributed by atoms with Crippen molar-refractivity contribution in [3.63, 3.8) is 0 Å². The summed E-state index contributed by atoms with van der Waals surface area (Å²) in [5, 5.41) is 8.60. The summed E-state index contributed by atoms with van der Waals surface area (Å²) in [6.45, 7) is 0. The summed E-state index contributed by atoms with van der Waals surface area (Å²) < 4.78 is 0. The minimum Gasteiger partial charge on any atom is -0.481 e. The van der Waals surface area contributed by atoms with Gasteiger partial charge in [-0.2, -0.15) is 0 Å². The maximum atomic E-state index is 10.4. The first-order valence-corrected chi connectivity index (χ1v) is 4.20.